The van der Waals surface area contributed by atoms with E-state index in [-0.39, 0.29) is 36.8 Å². The van der Waals surface area contributed by atoms with Crippen LogP contribution >= 0.6 is 11.6 Å². The van der Waals surface area contributed by atoms with E-state index >= 15 is 0 Å². The first kappa shape index (κ1) is 21.8. The molecule has 2 heterocycles. The fraction of sp³-hybridized carbons (Fsp3) is 0.458. The van der Waals surface area contributed by atoms with Gasteiger partial charge in [0.05, 0.1) is 18.8 Å². The summed E-state index contributed by atoms with van der Waals surface area (Å²) in [6, 6.07) is 7.70. The van der Waals surface area contributed by atoms with Gasteiger partial charge in [-0.15, -0.1) is 0 Å². The number of allylic oxidation sites excluding steroid dienone is 2. The number of nitrogens with one attached hydrogen (secondary N) is 1. The van der Waals surface area contributed by atoms with Crippen molar-refractivity contribution in [3.63, 3.8) is 0 Å². The van der Waals surface area contributed by atoms with E-state index < -0.39 is 0 Å². The van der Waals surface area contributed by atoms with Crippen LogP contribution in [0.25, 0.3) is 0 Å². The molecule has 0 bridgehead atoms. The molecular weight excluding hydrogens is 416 g/mol. The highest BCUT2D eigenvalue weighted by Crippen LogP contribution is 2.45. The highest BCUT2D eigenvalue weighted by molar-refractivity contribution is 6.31. The summed E-state index contributed by atoms with van der Waals surface area (Å²) in [7, 11) is 0. The number of fused-ring (bicyclic) bond motifs is 2. The summed E-state index contributed by atoms with van der Waals surface area (Å²) in [4.78, 5) is 14.8. The van der Waals surface area contributed by atoms with Crippen molar-refractivity contribution in [2.24, 2.45) is 5.92 Å². The standard InChI is InChI=1S/C24H29ClN2O4/c1-15(2)31-24(29)27-11-10-19-20-14-17(25)6-9-21(20)26-22(19)23(27)16-4-7-18(8-5-16)30-13-3-12-28/h4-9,14-15,20-21,23,26,28H,3,10-13H2,1-2H3/t20?,21?,23-/m0/s1. The number of benzene rings is 1. The third-order valence-electron chi connectivity index (χ3n) is 5.80. The lowest BCUT2D eigenvalue weighted by Crippen LogP contribution is -2.42. The van der Waals surface area contributed by atoms with E-state index in [1.54, 1.807) is 4.90 Å². The Morgan fingerprint density at radius 3 is 2.81 bits per heavy atom. The number of carbonyl (C=O) groups excluding carboxylic acids is 1. The van der Waals surface area contributed by atoms with Crippen molar-refractivity contribution in [1.29, 1.82) is 0 Å². The topological polar surface area (TPSA) is 71.0 Å². The molecule has 3 atom stereocenters. The molecule has 0 radical (unpaired) electrons. The molecule has 2 aliphatic heterocycles. The monoisotopic (exact) mass is 444 g/mol. The summed E-state index contributed by atoms with van der Waals surface area (Å²) in [5.74, 6) is 0.948. The Morgan fingerprint density at radius 1 is 1.32 bits per heavy atom. The molecule has 2 unspecified atom stereocenters. The van der Waals surface area contributed by atoms with Crippen LogP contribution in [0.1, 0.15) is 38.3 Å². The zero-order chi connectivity index (χ0) is 22.0. The molecule has 0 saturated carbocycles. The summed E-state index contributed by atoms with van der Waals surface area (Å²) in [5.41, 5.74) is 3.35. The van der Waals surface area contributed by atoms with Gasteiger partial charge >= 0.3 is 6.09 Å². The molecule has 1 amide bonds. The Hall–Kier alpha value is -2.44. The van der Waals surface area contributed by atoms with E-state index in [9.17, 15) is 4.79 Å². The van der Waals surface area contributed by atoms with Crippen molar-refractivity contribution in [3.8, 4) is 5.75 Å². The molecule has 4 rings (SSSR count). The molecule has 6 nitrogen and oxygen atoms in total. The Kier molecular flexibility index (Phi) is 6.58. The molecule has 1 aromatic rings. The highest BCUT2D eigenvalue weighted by Gasteiger charge is 2.43. The van der Waals surface area contributed by atoms with Gasteiger partial charge in [0.1, 0.15) is 11.8 Å². The minimum atomic E-state index is -0.310. The number of carbonyl (C=O) groups is 1. The second-order valence-electron chi connectivity index (χ2n) is 8.32. The van der Waals surface area contributed by atoms with Crippen LogP contribution in [0, 0.1) is 5.92 Å². The quantitative estimate of drug-likeness (QED) is 0.641. The van der Waals surface area contributed by atoms with Gasteiger partial charge in [0.25, 0.3) is 0 Å². The maximum atomic E-state index is 12.9. The van der Waals surface area contributed by atoms with Crippen LogP contribution in [0.4, 0.5) is 4.79 Å². The molecule has 3 aliphatic rings. The lowest BCUT2D eigenvalue weighted by atomic mass is 9.85. The molecule has 1 aromatic carbocycles. The summed E-state index contributed by atoms with van der Waals surface area (Å²) < 4.78 is 11.2. The SMILES string of the molecule is CC(C)OC(=O)N1CCC2=C(NC3C=CC(Cl)=CC23)[C@@H]1c1ccc(OCCCO)cc1. The van der Waals surface area contributed by atoms with Crippen molar-refractivity contribution in [2.75, 3.05) is 19.8 Å². The van der Waals surface area contributed by atoms with Gasteiger partial charge in [0.2, 0.25) is 0 Å². The highest BCUT2D eigenvalue weighted by atomic mass is 35.5. The zero-order valence-corrected chi connectivity index (χ0v) is 18.6. The van der Waals surface area contributed by atoms with E-state index in [4.69, 9.17) is 26.2 Å². The van der Waals surface area contributed by atoms with Gasteiger partial charge < -0.3 is 19.9 Å². The van der Waals surface area contributed by atoms with E-state index in [1.807, 2.05) is 44.2 Å². The maximum Gasteiger partial charge on any atom is 0.410 e. The lowest BCUT2D eigenvalue weighted by Gasteiger charge is -2.37. The van der Waals surface area contributed by atoms with Gasteiger partial charge in [-0.05, 0) is 49.6 Å². The van der Waals surface area contributed by atoms with Crippen molar-refractivity contribution >= 4 is 17.7 Å². The predicted octanol–water partition coefficient (Wildman–Crippen LogP) is 4.27. The minimum absolute atomic E-state index is 0.102. The third-order valence-corrected chi connectivity index (χ3v) is 6.06. The predicted molar refractivity (Wildman–Crippen MR) is 120 cm³/mol. The fourth-order valence-electron chi connectivity index (χ4n) is 4.45. The zero-order valence-electron chi connectivity index (χ0n) is 17.9. The summed E-state index contributed by atoms with van der Waals surface area (Å²) in [6.07, 6.45) is 6.99. The number of hydrogen-bond acceptors (Lipinski definition) is 5. The van der Waals surface area contributed by atoms with Crippen LogP contribution in [0.2, 0.25) is 0 Å². The number of nitrogens with zero attached hydrogens (tertiary/aromatic N) is 1. The fourth-order valence-corrected chi connectivity index (χ4v) is 4.66. The number of aliphatic hydroxyl groups is 1. The van der Waals surface area contributed by atoms with Crippen molar-refractivity contribution in [2.45, 2.75) is 44.9 Å². The normalized spacial score (nSPS) is 24.5. The van der Waals surface area contributed by atoms with Crippen LogP contribution in [0.3, 0.4) is 0 Å². The molecule has 31 heavy (non-hydrogen) atoms. The van der Waals surface area contributed by atoms with Crippen molar-refractivity contribution < 1.29 is 19.4 Å². The van der Waals surface area contributed by atoms with E-state index in [2.05, 4.69) is 17.5 Å². The summed E-state index contributed by atoms with van der Waals surface area (Å²) in [5, 5.41) is 13.3. The maximum absolute atomic E-state index is 12.9. The Labute approximate surface area is 188 Å². The minimum Gasteiger partial charge on any atom is -0.494 e. The molecule has 0 fully saturated rings. The van der Waals surface area contributed by atoms with Crippen LogP contribution < -0.4 is 10.1 Å². The lowest BCUT2D eigenvalue weighted by molar-refractivity contribution is 0.0648. The molecule has 166 valence electrons. The first-order valence-corrected chi connectivity index (χ1v) is 11.2. The molecule has 7 heteroatoms. The summed E-state index contributed by atoms with van der Waals surface area (Å²) in [6.45, 7) is 4.88. The van der Waals surface area contributed by atoms with Gasteiger partial charge in [-0.3, -0.25) is 4.90 Å². The van der Waals surface area contributed by atoms with Crippen LogP contribution in [-0.4, -0.2) is 48.0 Å². The number of aliphatic hydroxyl groups excluding tert-OH is 1. The van der Waals surface area contributed by atoms with E-state index in [0.29, 0.717) is 19.6 Å². The van der Waals surface area contributed by atoms with Crippen molar-refractivity contribution in [3.05, 3.63) is 64.4 Å². The van der Waals surface area contributed by atoms with Gasteiger partial charge in [-0.2, -0.15) is 0 Å². The molecular formula is C24H29ClN2O4. The average Bonchev–Trinajstić information content (AvgIpc) is 3.11. The number of amides is 1. The third kappa shape index (κ3) is 4.60. The molecule has 2 N–H and O–H groups in total. The van der Waals surface area contributed by atoms with E-state index in [1.165, 1.54) is 5.57 Å². The van der Waals surface area contributed by atoms with E-state index in [0.717, 1.165) is 28.5 Å². The second-order valence-corrected chi connectivity index (χ2v) is 8.76. The number of hydrogen-bond donors (Lipinski definition) is 2. The van der Waals surface area contributed by atoms with Gasteiger partial charge in [-0.25, -0.2) is 4.79 Å². The first-order chi connectivity index (χ1) is 15.0. The molecule has 0 aromatic heterocycles. The average molecular weight is 445 g/mol. The number of halogens is 1. The van der Waals surface area contributed by atoms with Crippen LogP contribution in [0.5, 0.6) is 5.75 Å². The second kappa shape index (κ2) is 9.37. The molecule has 0 saturated heterocycles. The number of rotatable bonds is 6. The van der Waals surface area contributed by atoms with Gasteiger partial charge in [0.15, 0.2) is 0 Å². The van der Waals surface area contributed by atoms with Crippen LogP contribution in [0.15, 0.2) is 58.8 Å². The smallest absolute Gasteiger partial charge is 0.410 e. The Morgan fingerprint density at radius 2 is 2.10 bits per heavy atom. The largest absolute Gasteiger partial charge is 0.494 e. The van der Waals surface area contributed by atoms with Crippen LogP contribution in [-0.2, 0) is 4.74 Å². The first-order valence-electron chi connectivity index (χ1n) is 10.8. The summed E-state index contributed by atoms with van der Waals surface area (Å²) >= 11 is 6.28. The Bertz CT molecular complexity index is 907. The molecule has 1 aliphatic carbocycles. The van der Waals surface area contributed by atoms with Gasteiger partial charge in [-0.1, -0.05) is 35.9 Å². The number of ether oxygens (including phenoxy) is 2. The van der Waals surface area contributed by atoms with Crippen molar-refractivity contribution in [1.82, 2.24) is 10.2 Å². The van der Waals surface area contributed by atoms with Gasteiger partial charge in [0, 0.05) is 36.2 Å². The molecule has 0 spiro atoms. The Balaban J connectivity index is 1.65.